The Balaban J connectivity index is 1.37. The van der Waals surface area contributed by atoms with Gasteiger partial charge in [0.25, 0.3) is 15.9 Å². The first kappa shape index (κ1) is 28.4. The molecule has 4 aromatic rings. The molecule has 1 heterocycles. The predicted molar refractivity (Wildman–Crippen MR) is 160 cm³/mol. The van der Waals surface area contributed by atoms with Crippen LogP contribution in [0.1, 0.15) is 42.3 Å². The number of fused-ring (bicyclic) bond motifs is 1. The van der Waals surface area contributed by atoms with Crippen molar-refractivity contribution in [2.75, 3.05) is 16.2 Å². The molecule has 5 rings (SSSR count). The fourth-order valence-corrected chi connectivity index (χ4v) is 6.15. The molecule has 210 valence electrons. The van der Waals surface area contributed by atoms with Crippen molar-refractivity contribution in [2.24, 2.45) is 0 Å². The average molecular weight is 589 g/mol. The summed E-state index contributed by atoms with van der Waals surface area (Å²) < 4.78 is 34.2. The number of nitrogens with zero attached hydrogens (tertiary/aromatic N) is 1. The number of sulfonamides is 1. The Morgan fingerprint density at radius 2 is 1.56 bits per heavy atom. The minimum atomic E-state index is -4.02. The summed E-state index contributed by atoms with van der Waals surface area (Å²) in [5.74, 6) is -0.460. The van der Waals surface area contributed by atoms with Crippen molar-refractivity contribution >= 4 is 44.7 Å². The molecular weight excluding hydrogens is 560 g/mol. The van der Waals surface area contributed by atoms with Crippen LogP contribution in [-0.2, 0) is 20.2 Å². The zero-order valence-corrected chi connectivity index (χ0v) is 24.4. The fraction of sp³-hybridized carbons (Fsp3) is 0.188. The van der Waals surface area contributed by atoms with Crippen molar-refractivity contribution in [3.63, 3.8) is 0 Å². The molecule has 0 fully saturated rings. The maximum absolute atomic E-state index is 13.6. The highest BCUT2D eigenvalue weighted by Gasteiger charge is 2.37. The molecule has 0 saturated heterocycles. The van der Waals surface area contributed by atoms with Gasteiger partial charge in [0, 0.05) is 21.8 Å². The van der Waals surface area contributed by atoms with E-state index >= 15 is 0 Å². The average Bonchev–Trinajstić information content (AvgIpc) is 2.96. The summed E-state index contributed by atoms with van der Waals surface area (Å²) in [7, 11) is -4.02. The standard InChI is InChI=1S/C32H29ClN2O5S/c1-32(2,3)23-13-11-21(12-14-23)30(36)22-7-6-8-25(19-22)34-31(37)29-20-35(27-9-4-5-10-28(27)40-29)41(38,39)26-17-15-24(33)16-18-26/h4-19,29H,20H2,1-3H3,(H,34,37)/t29-/m0/s1. The van der Waals surface area contributed by atoms with E-state index in [2.05, 4.69) is 26.1 Å². The minimum Gasteiger partial charge on any atom is -0.476 e. The maximum Gasteiger partial charge on any atom is 0.267 e. The number of rotatable bonds is 6. The van der Waals surface area contributed by atoms with Gasteiger partial charge in [-0.2, -0.15) is 0 Å². The number of carbonyl (C=O) groups excluding carboxylic acids is 2. The third-order valence-corrected chi connectivity index (χ3v) is 8.88. The number of halogens is 1. The van der Waals surface area contributed by atoms with E-state index in [9.17, 15) is 18.0 Å². The number of para-hydroxylation sites is 2. The number of ketones is 1. The lowest BCUT2D eigenvalue weighted by Gasteiger charge is -2.34. The van der Waals surface area contributed by atoms with Crippen LogP contribution >= 0.6 is 11.6 Å². The topological polar surface area (TPSA) is 92.8 Å². The van der Waals surface area contributed by atoms with Gasteiger partial charge in [-0.25, -0.2) is 8.42 Å². The molecule has 1 amide bonds. The van der Waals surface area contributed by atoms with Gasteiger partial charge in [0.1, 0.15) is 5.75 Å². The molecule has 41 heavy (non-hydrogen) atoms. The van der Waals surface area contributed by atoms with Gasteiger partial charge in [-0.1, -0.05) is 80.9 Å². The molecule has 4 aromatic carbocycles. The van der Waals surface area contributed by atoms with Gasteiger partial charge < -0.3 is 10.1 Å². The molecule has 1 aliphatic heterocycles. The van der Waals surface area contributed by atoms with Gasteiger partial charge in [-0.05, 0) is 59.5 Å². The van der Waals surface area contributed by atoms with Crippen LogP contribution in [-0.4, -0.2) is 32.8 Å². The van der Waals surface area contributed by atoms with Crippen LogP contribution in [0.25, 0.3) is 0 Å². The largest absolute Gasteiger partial charge is 0.476 e. The van der Waals surface area contributed by atoms with Gasteiger partial charge in [-0.15, -0.1) is 0 Å². The molecule has 1 atom stereocenters. The predicted octanol–water partition coefficient (Wildman–Crippen LogP) is 6.46. The van der Waals surface area contributed by atoms with E-state index in [1.165, 1.54) is 28.6 Å². The zero-order valence-electron chi connectivity index (χ0n) is 22.8. The summed E-state index contributed by atoms with van der Waals surface area (Å²) in [4.78, 5) is 26.6. The van der Waals surface area contributed by atoms with E-state index in [1.807, 2.05) is 12.1 Å². The number of hydrogen-bond acceptors (Lipinski definition) is 5. The summed E-state index contributed by atoms with van der Waals surface area (Å²) in [5.41, 5.74) is 2.76. The summed E-state index contributed by atoms with van der Waals surface area (Å²) in [5, 5.41) is 3.19. The number of ether oxygens (including phenoxy) is 1. The molecule has 1 N–H and O–H groups in total. The molecule has 0 aromatic heterocycles. The molecule has 0 radical (unpaired) electrons. The highest BCUT2D eigenvalue weighted by Crippen LogP contribution is 2.37. The zero-order chi connectivity index (χ0) is 29.4. The Hall–Kier alpha value is -4.14. The van der Waals surface area contributed by atoms with Crippen molar-refractivity contribution in [1.82, 2.24) is 0 Å². The van der Waals surface area contributed by atoms with Crippen molar-refractivity contribution in [2.45, 2.75) is 37.2 Å². The molecule has 0 aliphatic carbocycles. The quantitative estimate of drug-likeness (QED) is 0.261. The van der Waals surface area contributed by atoms with E-state index in [4.69, 9.17) is 16.3 Å². The molecule has 0 bridgehead atoms. The lowest BCUT2D eigenvalue weighted by atomic mass is 9.86. The summed E-state index contributed by atoms with van der Waals surface area (Å²) in [6.45, 7) is 6.08. The van der Waals surface area contributed by atoms with E-state index in [0.717, 1.165) is 5.56 Å². The van der Waals surface area contributed by atoms with Gasteiger partial charge >= 0.3 is 0 Å². The van der Waals surface area contributed by atoms with Crippen LogP contribution < -0.4 is 14.4 Å². The molecular formula is C32H29ClN2O5S. The Kier molecular flexibility index (Phi) is 7.64. The van der Waals surface area contributed by atoms with Crippen molar-refractivity contribution in [3.8, 4) is 5.75 Å². The van der Waals surface area contributed by atoms with E-state index in [1.54, 1.807) is 60.7 Å². The first-order valence-corrected chi connectivity index (χ1v) is 14.9. The number of benzene rings is 4. The smallest absolute Gasteiger partial charge is 0.267 e. The van der Waals surface area contributed by atoms with Crippen LogP contribution in [0, 0.1) is 0 Å². The minimum absolute atomic E-state index is 0.0305. The van der Waals surface area contributed by atoms with Gasteiger partial charge in [-0.3, -0.25) is 13.9 Å². The van der Waals surface area contributed by atoms with Crippen LogP contribution in [0.3, 0.4) is 0 Å². The SMILES string of the molecule is CC(C)(C)c1ccc(C(=O)c2cccc(NC(=O)[C@@H]3CN(S(=O)(=O)c4ccc(Cl)cc4)c4ccccc4O3)c2)cc1. The number of nitrogens with one attached hydrogen (secondary N) is 1. The molecule has 1 aliphatic rings. The third-order valence-electron chi connectivity index (χ3n) is 6.83. The van der Waals surface area contributed by atoms with Crippen LogP contribution in [0.15, 0.2) is 102 Å². The number of carbonyl (C=O) groups is 2. The van der Waals surface area contributed by atoms with E-state index in [-0.39, 0.29) is 28.4 Å². The number of hydrogen-bond donors (Lipinski definition) is 1. The monoisotopic (exact) mass is 588 g/mol. The van der Waals surface area contributed by atoms with Crippen LogP contribution in [0.4, 0.5) is 11.4 Å². The van der Waals surface area contributed by atoms with Crippen LogP contribution in [0.2, 0.25) is 5.02 Å². The van der Waals surface area contributed by atoms with Crippen LogP contribution in [0.5, 0.6) is 5.75 Å². The van der Waals surface area contributed by atoms with Gasteiger partial charge in [0.2, 0.25) is 0 Å². The second-order valence-corrected chi connectivity index (χ2v) is 13.1. The summed E-state index contributed by atoms with van der Waals surface area (Å²) in [6.07, 6.45) is -1.14. The van der Waals surface area contributed by atoms with E-state index < -0.39 is 22.0 Å². The number of anilines is 2. The molecule has 0 saturated carbocycles. The molecule has 0 spiro atoms. The first-order valence-electron chi connectivity index (χ1n) is 13.0. The van der Waals surface area contributed by atoms with Crippen molar-refractivity contribution < 1.29 is 22.7 Å². The van der Waals surface area contributed by atoms with Crippen molar-refractivity contribution in [3.05, 3.63) is 119 Å². The Morgan fingerprint density at radius 1 is 0.878 bits per heavy atom. The molecule has 7 nitrogen and oxygen atoms in total. The summed E-state index contributed by atoms with van der Waals surface area (Å²) >= 11 is 5.96. The lowest BCUT2D eigenvalue weighted by Crippen LogP contribution is -2.48. The maximum atomic E-state index is 13.6. The highest BCUT2D eigenvalue weighted by molar-refractivity contribution is 7.92. The Morgan fingerprint density at radius 3 is 2.24 bits per heavy atom. The summed E-state index contributed by atoms with van der Waals surface area (Å²) in [6, 6.07) is 26.6. The third kappa shape index (κ3) is 5.99. The normalized spacial score (nSPS) is 15.0. The van der Waals surface area contributed by atoms with Gasteiger partial charge in [0.05, 0.1) is 17.1 Å². The highest BCUT2D eigenvalue weighted by atomic mass is 35.5. The lowest BCUT2D eigenvalue weighted by molar-refractivity contribution is -0.122. The van der Waals surface area contributed by atoms with E-state index in [0.29, 0.717) is 27.5 Å². The van der Waals surface area contributed by atoms with Crippen molar-refractivity contribution in [1.29, 1.82) is 0 Å². The molecule has 9 heteroatoms. The Bertz CT molecular complexity index is 1710. The van der Waals surface area contributed by atoms with Gasteiger partial charge in [0.15, 0.2) is 11.9 Å². The second-order valence-electron chi connectivity index (χ2n) is 10.8. The Labute approximate surface area is 244 Å². The number of amides is 1. The molecule has 0 unspecified atom stereocenters. The second kappa shape index (κ2) is 11.0. The fourth-order valence-electron chi connectivity index (χ4n) is 4.55. The first-order chi connectivity index (χ1) is 19.4.